The fourth-order valence-corrected chi connectivity index (χ4v) is 4.86. The van der Waals surface area contributed by atoms with Crippen molar-refractivity contribution in [3.63, 3.8) is 0 Å². The molecule has 10 heteroatoms. The average molecular weight is 571 g/mol. The summed E-state index contributed by atoms with van der Waals surface area (Å²) >= 11 is 0. The maximum Gasteiger partial charge on any atom is 0.329 e. The van der Waals surface area contributed by atoms with Crippen LogP contribution < -0.4 is 21.9 Å². The highest BCUT2D eigenvalue weighted by atomic mass is 16.4. The van der Waals surface area contributed by atoms with Gasteiger partial charge in [0.25, 0.3) is 5.56 Å². The van der Waals surface area contributed by atoms with E-state index in [9.17, 15) is 29.1 Å². The number of benzene rings is 3. The predicted molar refractivity (Wildman–Crippen MR) is 159 cm³/mol. The molecular weight excluding hydrogens is 536 g/mol. The summed E-state index contributed by atoms with van der Waals surface area (Å²) in [4.78, 5) is 68.8. The molecule has 4 atom stereocenters. The third kappa shape index (κ3) is 7.01. The third-order valence-electron chi connectivity index (χ3n) is 7.41. The lowest BCUT2D eigenvalue weighted by Crippen LogP contribution is -2.56. The quantitative estimate of drug-likeness (QED) is 0.206. The molecule has 218 valence electrons. The van der Waals surface area contributed by atoms with Crippen molar-refractivity contribution >= 4 is 28.7 Å². The van der Waals surface area contributed by atoms with Gasteiger partial charge in [-0.2, -0.15) is 0 Å². The third-order valence-corrected chi connectivity index (χ3v) is 7.41. The molecule has 0 aliphatic rings. The van der Waals surface area contributed by atoms with Crippen LogP contribution in [0.1, 0.15) is 37.4 Å². The number of aromatic nitrogens is 2. The summed E-state index contributed by atoms with van der Waals surface area (Å²) in [7, 11) is 0. The summed E-state index contributed by atoms with van der Waals surface area (Å²) in [5.41, 5.74) is 0.386. The lowest BCUT2D eigenvalue weighted by molar-refractivity contribution is -0.142. The number of nitrogens with one attached hydrogen (secondary N) is 3. The molecule has 0 radical (unpaired) electrons. The number of H-pyrrole nitrogens is 1. The van der Waals surface area contributed by atoms with Crippen molar-refractivity contribution in [3.8, 4) is 0 Å². The highest BCUT2D eigenvalue weighted by molar-refractivity contribution is 5.92. The first-order valence-corrected chi connectivity index (χ1v) is 13.8. The predicted octanol–water partition coefficient (Wildman–Crippen LogP) is 2.82. The summed E-state index contributed by atoms with van der Waals surface area (Å²) in [6.45, 7) is 3.61. The van der Waals surface area contributed by atoms with E-state index < -0.39 is 47.2 Å². The molecule has 0 aliphatic carbocycles. The molecule has 1 unspecified atom stereocenters. The Morgan fingerprint density at radius 2 is 1.38 bits per heavy atom. The number of fused-ring (bicyclic) bond motifs is 1. The monoisotopic (exact) mass is 570 g/mol. The zero-order chi connectivity index (χ0) is 30.2. The smallest absolute Gasteiger partial charge is 0.329 e. The molecule has 0 saturated heterocycles. The average Bonchev–Trinajstić information content (AvgIpc) is 2.99. The highest BCUT2D eigenvalue weighted by Gasteiger charge is 2.33. The van der Waals surface area contributed by atoms with E-state index in [4.69, 9.17) is 0 Å². The van der Waals surface area contributed by atoms with Crippen LogP contribution in [-0.2, 0) is 27.2 Å². The second kappa shape index (κ2) is 13.6. The summed E-state index contributed by atoms with van der Waals surface area (Å²) in [5.74, 6) is -2.97. The van der Waals surface area contributed by atoms with Gasteiger partial charge in [0.2, 0.25) is 11.8 Å². The Hall–Kier alpha value is -4.99. The molecular formula is C32H34N4O6. The number of nitrogens with zero attached hydrogens (tertiary/aromatic N) is 1. The van der Waals surface area contributed by atoms with Gasteiger partial charge in [-0.15, -0.1) is 0 Å². The Kier molecular flexibility index (Phi) is 9.69. The van der Waals surface area contributed by atoms with Crippen molar-refractivity contribution in [1.82, 2.24) is 20.2 Å². The molecule has 0 aliphatic heterocycles. The number of rotatable bonds is 12. The van der Waals surface area contributed by atoms with Crippen LogP contribution in [0, 0.1) is 5.92 Å². The number of aliphatic carboxylic acids is 1. The zero-order valence-corrected chi connectivity index (χ0v) is 23.4. The molecule has 42 heavy (non-hydrogen) atoms. The van der Waals surface area contributed by atoms with Gasteiger partial charge in [0.15, 0.2) is 0 Å². The molecule has 2 amide bonds. The van der Waals surface area contributed by atoms with Crippen LogP contribution in [0.15, 0.2) is 94.5 Å². The Balaban J connectivity index is 1.67. The van der Waals surface area contributed by atoms with Gasteiger partial charge in [-0.25, -0.2) is 14.2 Å². The first-order valence-electron chi connectivity index (χ1n) is 13.8. The molecule has 10 nitrogen and oxygen atoms in total. The summed E-state index contributed by atoms with van der Waals surface area (Å²) < 4.78 is 0.881. The molecule has 4 rings (SSSR count). The Morgan fingerprint density at radius 3 is 1.98 bits per heavy atom. The van der Waals surface area contributed by atoms with E-state index in [0.717, 1.165) is 10.1 Å². The molecule has 3 aromatic carbocycles. The fourth-order valence-electron chi connectivity index (χ4n) is 4.86. The molecule has 4 N–H and O–H groups in total. The lowest BCUT2D eigenvalue weighted by Gasteiger charge is -2.28. The van der Waals surface area contributed by atoms with Crippen LogP contribution in [0.2, 0.25) is 0 Å². The molecule has 1 aromatic heterocycles. The number of carboxylic acid groups (broad SMARTS) is 1. The van der Waals surface area contributed by atoms with Crippen molar-refractivity contribution in [2.45, 2.75) is 51.2 Å². The first kappa shape index (κ1) is 30.0. The number of carbonyl (C=O) groups excluding carboxylic acids is 2. The van der Waals surface area contributed by atoms with E-state index in [0.29, 0.717) is 17.5 Å². The number of amides is 2. The van der Waals surface area contributed by atoms with Gasteiger partial charge >= 0.3 is 11.7 Å². The van der Waals surface area contributed by atoms with Gasteiger partial charge in [0, 0.05) is 12.8 Å². The Bertz CT molecular complexity index is 1670. The van der Waals surface area contributed by atoms with Crippen LogP contribution in [0.5, 0.6) is 0 Å². The standard InChI is InChI=1S/C32H34N4O6/c1-3-20(2)27(29(38)33-25(31(40)41)18-21-12-6-4-7-13-21)35-28(37)26(19-22-14-8-5-9-15-22)36-30(39)23-16-10-11-17-24(23)34-32(36)42/h4-17,20,25-27H,3,18-19H2,1-2H3,(H,33,38)(H,34,42)(H,35,37)(H,40,41)/t20?,25-,26-,27-/m0/s1. The van der Waals surface area contributed by atoms with Crippen molar-refractivity contribution in [2.75, 3.05) is 0 Å². The largest absolute Gasteiger partial charge is 0.480 e. The molecule has 0 spiro atoms. The molecule has 0 saturated carbocycles. The van der Waals surface area contributed by atoms with Gasteiger partial charge < -0.3 is 20.7 Å². The maximum atomic E-state index is 13.9. The second-order valence-corrected chi connectivity index (χ2v) is 10.3. The molecule has 0 fully saturated rings. The number of aromatic amines is 1. The number of carboxylic acids is 1. The SMILES string of the molecule is CCC(C)[C@H](NC(=O)[C@H](Cc1ccccc1)n1c(=O)[nH]c2ccccc2c1=O)C(=O)N[C@@H](Cc1ccccc1)C(=O)O. The van der Waals surface area contributed by atoms with Gasteiger partial charge in [-0.05, 0) is 29.2 Å². The normalized spacial score (nSPS) is 14.0. The van der Waals surface area contributed by atoms with Crippen LogP contribution in [-0.4, -0.2) is 44.5 Å². The summed E-state index contributed by atoms with van der Waals surface area (Å²) in [6.07, 6.45) is 0.560. The van der Waals surface area contributed by atoms with Crippen LogP contribution >= 0.6 is 0 Å². The van der Waals surface area contributed by atoms with E-state index in [-0.39, 0.29) is 24.1 Å². The van der Waals surface area contributed by atoms with Crippen LogP contribution in [0.4, 0.5) is 0 Å². The van der Waals surface area contributed by atoms with Gasteiger partial charge in [-0.1, -0.05) is 93.1 Å². The topological polar surface area (TPSA) is 150 Å². The minimum absolute atomic E-state index is 0.00854. The molecule has 0 bridgehead atoms. The summed E-state index contributed by atoms with van der Waals surface area (Å²) in [6, 6.07) is 20.7. The van der Waals surface area contributed by atoms with Crippen LogP contribution in [0.3, 0.4) is 0 Å². The molecule has 4 aromatic rings. The van der Waals surface area contributed by atoms with E-state index in [2.05, 4.69) is 15.6 Å². The van der Waals surface area contributed by atoms with E-state index >= 15 is 0 Å². The number of para-hydroxylation sites is 1. The number of carbonyl (C=O) groups is 3. The Morgan fingerprint density at radius 1 is 0.810 bits per heavy atom. The number of hydrogen-bond donors (Lipinski definition) is 4. The van der Waals surface area contributed by atoms with E-state index in [1.807, 2.05) is 19.1 Å². The zero-order valence-electron chi connectivity index (χ0n) is 23.4. The van der Waals surface area contributed by atoms with Crippen molar-refractivity contribution in [2.24, 2.45) is 5.92 Å². The Labute approximate surface area is 242 Å². The van der Waals surface area contributed by atoms with Gasteiger partial charge in [0.1, 0.15) is 18.1 Å². The van der Waals surface area contributed by atoms with Crippen molar-refractivity contribution < 1.29 is 19.5 Å². The highest BCUT2D eigenvalue weighted by Crippen LogP contribution is 2.16. The summed E-state index contributed by atoms with van der Waals surface area (Å²) in [5, 5.41) is 15.4. The van der Waals surface area contributed by atoms with Crippen LogP contribution in [0.25, 0.3) is 10.9 Å². The fraction of sp³-hybridized carbons (Fsp3) is 0.281. The second-order valence-electron chi connectivity index (χ2n) is 10.3. The number of hydrogen-bond acceptors (Lipinski definition) is 5. The van der Waals surface area contributed by atoms with Gasteiger partial charge in [-0.3, -0.25) is 14.4 Å². The first-order chi connectivity index (χ1) is 20.2. The minimum atomic E-state index is -1.28. The van der Waals surface area contributed by atoms with Gasteiger partial charge in [0.05, 0.1) is 10.9 Å². The minimum Gasteiger partial charge on any atom is -0.480 e. The lowest BCUT2D eigenvalue weighted by atomic mass is 9.96. The van der Waals surface area contributed by atoms with E-state index in [1.54, 1.807) is 79.7 Å². The van der Waals surface area contributed by atoms with Crippen molar-refractivity contribution in [3.05, 3.63) is 117 Å². The maximum absolute atomic E-state index is 13.9. The molecule has 1 heterocycles. The van der Waals surface area contributed by atoms with E-state index in [1.165, 1.54) is 0 Å². The van der Waals surface area contributed by atoms with Crippen molar-refractivity contribution in [1.29, 1.82) is 0 Å².